The van der Waals surface area contributed by atoms with Crippen LogP contribution in [-0.4, -0.2) is 20.2 Å². The number of aromatic nitrogens is 4. The Morgan fingerprint density at radius 2 is 1.09 bits per heavy atom. The van der Waals surface area contributed by atoms with E-state index in [1.165, 1.54) is 4.80 Å². The van der Waals surface area contributed by atoms with Crippen LogP contribution in [0.2, 0.25) is 0 Å². The van der Waals surface area contributed by atoms with Gasteiger partial charge in [0.1, 0.15) is 24.7 Å². The van der Waals surface area contributed by atoms with E-state index in [-0.39, 0.29) is 0 Å². The van der Waals surface area contributed by atoms with E-state index in [0.717, 1.165) is 33.9 Å². The van der Waals surface area contributed by atoms with Gasteiger partial charge in [-0.25, -0.2) is 0 Å². The van der Waals surface area contributed by atoms with E-state index in [0.29, 0.717) is 19.0 Å². The fourth-order valence-corrected chi connectivity index (χ4v) is 3.30. The average Bonchev–Trinajstić information content (AvgIpc) is 3.38. The Bertz CT molecular complexity index is 1180. The van der Waals surface area contributed by atoms with Crippen molar-refractivity contribution in [3.8, 4) is 28.6 Å². The molecule has 4 aromatic carbocycles. The van der Waals surface area contributed by atoms with Crippen molar-refractivity contribution in [2.24, 2.45) is 0 Å². The molecule has 5 aromatic rings. The molecule has 0 aliphatic heterocycles. The molecule has 0 amide bonds. The number of rotatable bonds is 8. The normalized spacial score (nSPS) is 10.7. The van der Waals surface area contributed by atoms with Gasteiger partial charge in [0.15, 0.2) is 0 Å². The molecule has 0 aliphatic carbocycles. The highest BCUT2D eigenvalue weighted by Gasteiger charge is 2.08. The standard InChI is InChI=1S/C27H22N4O2/c1-3-7-21(8-4-1)19-32-25-15-11-23(12-16-25)27-28-30-31(29-27)24-13-17-26(18-14-24)33-20-22-9-5-2-6-10-22/h1-18H,19-20H2. The molecule has 0 spiro atoms. The van der Waals surface area contributed by atoms with Crippen LogP contribution in [0.5, 0.6) is 11.5 Å². The smallest absolute Gasteiger partial charge is 0.205 e. The molecule has 0 fully saturated rings. The summed E-state index contributed by atoms with van der Waals surface area (Å²) in [5.74, 6) is 2.13. The largest absolute Gasteiger partial charge is 0.489 e. The highest BCUT2D eigenvalue weighted by Crippen LogP contribution is 2.21. The molecule has 0 radical (unpaired) electrons. The van der Waals surface area contributed by atoms with E-state index in [1.807, 2.05) is 109 Å². The molecule has 33 heavy (non-hydrogen) atoms. The van der Waals surface area contributed by atoms with Gasteiger partial charge >= 0.3 is 0 Å². The van der Waals surface area contributed by atoms with Gasteiger partial charge in [0.05, 0.1) is 5.69 Å². The molecule has 162 valence electrons. The summed E-state index contributed by atoms with van der Waals surface area (Å²) in [6.45, 7) is 1.05. The zero-order valence-corrected chi connectivity index (χ0v) is 17.9. The predicted octanol–water partition coefficient (Wildman–Crippen LogP) is 5.49. The van der Waals surface area contributed by atoms with Gasteiger partial charge in [-0.2, -0.15) is 0 Å². The van der Waals surface area contributed by atoms with E-state index in [2.05, 4.69) is 15.4 Å². The van der Waals surface area contributed by atoms with Crippen LogP contribution in [0.25, 0.3) is 17.1 Å². The summed E-state index contributed by atoms with van der Waals surface area (Å²) < 4.78 is 11.7. The van der Waals surface area contributed by atoms with Crippen LogP contribution in [0.1, 0.15) is 11.1 Å². The van der Waals surface area contributed by atoms with Crippen LogP contribution >= 0.6 is 0 Å². The summed E-state index contributed by atoms with van der Waals surface area (Å²) >= 11 is 0. The van der Waals surface area contributed by atoms with Crippen LogP contribution in [0, 0.1) is 0 Å². The molecule has 0 unspecified atom stereocenters. The van der Waals surface area contributed by atoms with Crippen molar-refractivity contribution in [3.05, 3.63) is 120 Å². The third-order valence-corrected chi connectivity index (χ3v) is 5.09. The van der Waals surface area contributed by atoms with Gasteiger partial charge in [-0.15, -0.1) is 15.0 Å². The minimum absolute atomic E-state index is 0.525. The van der Waals surface area contributed by atoms with Crippen molar-refractivity contribution < 1.29 is 9.47 Å². The summed E-state index contributed by atoms with van der Waals surface area (Å²) in [4.78, 5) is 1.51. The van der Waals surface area contributed by atoms with Gasteiger partial charge in [-0.05, 0) is 64.9 Å². The molecule has 0 N–H and O–H groups in total. The number of tetrazole rings is 1. The predicted molar refractivity (Wildman–Crippen MR) is 126 cm³/mol. The second-order valence-corrected chi connectivity index (χ2v) is 7.47. The minimum atomic E-state index is 0.525. The van der Waals surface area contributed by atoms with Gasteiger partial charge in [-0.1, -0.05) is 60.7 Å². The van der Waals surface area contributed by atoms with Crippen LogP contribution in [-0.2, 0) is 13.2 Å². The van der Waals surface area contributed by atoms with Crippen LogP contribution < -0.4 is 9.47 Å². The SMILES string of the molecule is c1ccc(COc2ccc(-c3nnn(-c4ccc(OCc5ccccc5)cc4)n3)cc2)cc1. The fourth-order valence-electron chi connectivity index (χ4n) is 3.30. The lowest BCUT2D eigenvalue weighted by Gasteiger charge is -2.07. The lowest BCUT2D eigenvalue weighted by atomic mass is 10.2. The molecule has 6 nitrogen and oxygen atoms in total. The van der Waals surface area contributed by atoms with Gasteiger partial charge in [-0.3, -0.25) is 0 Å². The zero-order chi connectivity index (χ0) is 22.3. The monoisotopic (exact) mass is 434 g/mol. The van der Waals surface area contributed by atoms with E-state index < -0.39 is 0 Å². The lowest BCUT2D eigenvalue weighted by molar-refractivity contribution is 0.306. The van der Waals surface area contributed by atoms with E-state index >= 15 is 0 Å². The maximum Gasteiger partial charge on any atom is 0.205 e. The first kappa shape index (κ1) is 20.5. The summed E-state index contributed by atoms with van der Waals surface area (Å²) in [5.41, 5.74) is 3.93. The molecule has 1 heterocycles. The Labute approximate surface area is 192 Å². The second kappa shape index (κ2) is 9.78. The minimum Gasteiger partial charge on any atom is -0.489 e. The molecule has 0 atom stereocenters. The van der Waals surface area contributed by atoms with Gasteiger partial charge < -0.3 is 9.47 Å². The number of hydrogen-bond acceptors (Lipinski definition) is 5. The van der Waals surface area contributed by atoms with E-state index in [4.69, 9.17) is 9.47 Å². The van der Waals surface area contributed by atoms with E-state index in [1.54, 1.807) is 0 Å². The Morgan fingerprint density at radius 3 is 1.64 bits per heavy atom. The summed E-state index contributed by atoms with van der Waals surface area (Å²) in [6.07, 6.45) is 0. The molecule has 1 aromatic heterocycles. The number of ether oxygens (including phenoxy) is 2. The van der Waals surface area contributed by atoms with Crippen molar-refractivity contribution in [2.45, 2.75) is 13.2 Å². The fraction of sp³-hybridized carbons (Fsp3) is 0.0741. The molecule has 0 saturated heterocycles. The second-order valence-electron chi connectivity index (χ2n) is 7.47. The third kappa shape index (κ3) is 5.25. The molecule has 6 heteroatoms. The highest BCUT2D eigenvalue weighted by molar-refractivity contribution is 5.55. The van der Waals surface area contributed by atoms with Crippen molar-refractivity contribution in [2.75, 3.05) is 0 Å². The average molecular weight is 434 g/mol. The molecular formula is C27H22N4O2. The third-order valence-electron chi connectivity index (χ3n) is 5.09. The molecule has 0 bridgehead atoms. The first-order chi connectivity index (χ1) is 16.3. The summed E-state index contributed by atoms with van der Waals surface area (Å²) in [7, 11) is 0. The van der Waals surface area contributed by atoms with Crippen molar-refractivity contribution in [1.82, 2.24) is 20.2 Å². The Kier molecular flexibility index (Phi) is 6.06. The maximum absolute atomic E-state index is 5.84. The van der Waals surface area contributed by atoms with Crippen molar-refractivity contribution in [1.29, 1.82) is 0 Å². The van der Waals surface area contributed by atoms with Crippen LogP contribution in [0.4, 0.5) is 0 Å². The van der Waals surface area contributed by atoms with E-state index in [9.17, 15) is 0 Å². The maximum atomic E-state index is 5.84. The quantitative estimate of drug-likeness (QED) is 0.323. The highest BCUT2D eigenvalue weighted by atomic mass is 16.5. The van der Waals surface area contributed by atoms with Crippen molar-refractivity contribution >= 4 is 0 Å². The Balaban J connectivity index is 1.20. The van der Waals surface area contributed by atoms with Crippen LogP contribution in [0.15, 0.2) is 109 Å². The van der Waals surface area contributed by atoms with Gasteiger partial charge in [0.2, 0.25) is 5.82 Å². The number of hydrogen-bond donors (Lipinski definition) is 0. The molecule has 0 aliphatic rings. The summed E-state index contributed by atoms with van der Waals surface area (Å²) in [5, 5.41) is 12.9. The van der Waals surface area contributed by atoms with Crippen molar-refractivity contribution in [3.63, 3.8) is 0 Å². The Morgan fingerprint density at radius 1 is 0.576 bits per heavy atom. The first-order valence-corrected chi connectivity index (χ1v) is 10.7. The number of benzene rings is 4. The Hall–Kier alpha value is -4.45. The lowest BCUT2D eigenvalue weighted by Crippen LogP contribution is -2.00. The summed E-state index contributed by atoms with van der Waals surface area (Å²) in [6, 6.07) is 35.5. The van der Waals surface area contributed by atoms with Gasteiger partial charge in [0.25, 0.3) is 0 Å². The van der Waals surface area contributed by atoms with Crippen LogP contribution in [0.3, 0.4) is 0 Å². The van der Waals surface area contributed by atoms with Gasteiger partial charge in [0, 0.05) is 5.56 Å². The first-order valence-electron chi connectivity index (χ1n) is 10.7. The topological polar surface area (TPSA) is 62.1 Å². The number of nitrogens with zero attached hydrogens (tertiary/aromatic N) is 4. The zero-order valence-electron chi connectivity index (χ0n) is 17.9. The molecule has 5 rings (SSSR count). The molecule has 0 saturated carbocycles. The molecular weight excluding hydrogens is 412 g/mol.